The number of nitrogens with two attached hydrogens (primary N) is 3. The Balaban J connectivity index is 1.36. The van der Waals surface area contributed by atoms with Gasteiger partial charge in [0.25, 0.3) is 23.2 Å². The summed E-state index contributed by atoms with van der Waals surface area (Å²) in [4.78, 5) is 48.7. The first-order chi connectivity index (χ1) is 25.5. The smallest absolute Gasteiger partial charge is 0.418 e. The van der Waals surface area contributed by atoms with Gasteiger partial charge in [-0.1, -0.05) is 11.2 Å². The maximum absolute atomic E-state index is 13.5. The number of pyridine rings is 1. The van der Waals surface area contributed by atoms with Crippen molar-refractivity contribution in [3.63, 3.8) is 0 Å². The van der Waals surface area contributed by atoms with Crippen LogP contribution in [0.5, 0.6) is 5.75 Å². The zero-order valence-electron chi connectivity index (χ0n) is 29.9. The number of hydrogen-bond donors (Lipinski definition) is 7. The number of carbonyl (C=O) groups is 3. The predicted octanol–water partition coefficient (Wildman–Crippen LogP) is 0.587. The molecule has 10 N–H and O–H groups in total. The molecule has 2 aromatic heterocycles. The molecule has 2 aliphatic heterocycles. The number of rotatable bonds is 17. The fourth-order valence-electron chi connectivity index (χ4n) is 5.99. The van der Waals surface area contributed by atoms with Gasteiger partial charge in [-0.3, -0.25) is 19.5 Å². The van der Waals surface area contributed by atoms with E-state index in [0.29, 0.717) is 30.3 Å². The minimum absolute atomic E-state index is 0.0614. The standard InChI is InChI=1S/C33H43N9O10S2/c1-32(2)27(29(44)42(32)52-54(47,48)49)39-28(43)26(22-18-53-31(36)38-22)40-51-33(3,30(45)46)24-10-7-20-16-19(6-9-23(20)50-24)21-8-11-25(37-14-4-12-34)41(17-21)15-5-13-35/h6,8-9,11,16-18,24,27H,4-5,7,10,12-15,34-35H2,1-3H3,(H5,36,38,39,43,45,46,47,48,49)/p+1/b40-26-/t24-,27?,33?/m1/s1. The van der Waals surface area contributed by atoms with Gasteiger partial charge in [-0.05, 0) is 88.9 Å². The molecule has 4 heterocycles. The van der Waals surface area contributed by atoms with Crippen LogP contribution < -0.4 is 37.1 Å². The molecule has 0 aliphatic carbocycles. The second kappa shape index (κ2) is 16.2. The van der Waals surface area contributed by atoms with E-state index in [1.165, 1.54) is 26.2 Å². The van der Waals surface area contributed by atoms with Crippen LogP contribution in [0.1, 0.15) is 51.3 Å². The summed E-state index contributed by atoms with van der Waals surface area (Å²) < 4.78 is 44.1. The lowest BCUT2D eigenvalue weighted by Crippen LogP contribution is -2.76. The lowest BCUT2D eigenvalue weighted by Gasteiger charge is -2.50. The molecular formula is C33H44N9O10S2+. The summed E-state index contributed by atoms with van der Waals surface area (Å²) in [7, 11) is -5.03. The van der Waals surface area contributed by atoms with Crippen LogP contribution in [-0.2, 0) is 46.9 Å². The Bertz CT molecular complexity index is 2040. The molecular weight excluding hydrogens is 747 g/mol. The maximum Gasteiger partial charge on any atom is 0.418 e. The highest BCUT2D eigenvalue weighted by Crippen LogP contribution is 2.37. The Morgan fingerprint density at radius 2 is 1.93 bits per heavy atom. The molecule has 2 amide bonds. The number of carboxylic acid groups (broad SMARTS) is 1. The summed E-state index contributed by atoms with van der Waals surface area (Å²) in [5, 5.41) is 22.0. The Hall–Kier alpha value is -4.93. The average molecular weight is 791 g/mol. The molecule has 2 aliphatic rings. The van der Waals surface area contributed by atoms with Gasteiger partial charge < -0.3 is 37.2 Å². The first-order valence-corrected chi connectivity index (χ1v) is 19.2. The fraction of sp³-hybridized carbons (Fsp3) is 0.455. The largest absolute Gasteiger partial charge is 0.485 e. The van der Waals surface area contributed by atoms with Crippen molar-refractivity contribution in [1.29, 1.82) is 0 Å². The number of nitrogen functional groups attached to an aromatic ring is 1. The summed E-state index contributed by atoms with van der Waals surface area (Å²) in [5.41, 5.74) is 15.8. The topological polar surface area (TPSA) is 288 Å². The van der Waals surface area contributed by atoms with Gasteiger partial charge in [-0.2, -0.15) is 13.5 Å². The number of hydroxylamine groups is 2. The number of nitrogens with one attached hydrogen (secondary N) is 2. The summed E-state index contributed by atoms with van der Waals surface area (Å²) in [6.07, 6.45) is 3.28. The van der Waals surface area contributed by atoms with E-state index in [1.54, 1.807) is 6.07 Å². The molecule has 1 aromatic carbocycles. The molecule has 0 bridgehead atoms. The third-order valence-electron chi connectivity index (χ3n) is 9.12. The van der Waals surface area contributed by atoms with E-state index < -0.39 is 57.2 Å². The van der Waals surface area contributed by atoms with E-state index in [9.17, 15) is 27.9 Å². The van der Waals surface area contributed by atoms with Crippen molar-refractivity contribution in [2.45, 2.75) is 76.3 Å². The average Bonchev–Trinajstić information content (AvgIpc) is 3.56. The zero-order chi connectivity index (χ0) is 39.4. The molecule has 292 valence electrons. The minimum Gasteiger partial charge on any atom is -0.485 e. The first kappa shape index (κ1) is 40.3. The number of β-lactam (4-membered cyclic amide) rings is 1. The third-order valence-corrected chi connectivity index (χ3v) is 10.1. The quantitative estimate of drug-likeness (QED) is 0.0246. The number of nitrogens with zero attached hydrogens (tertiary/aromatic N) is 4. The van der Waals surface area contributed by atoms with E-state index >= 15 is 0 Å². The normalized spacial score (nSPS) is 19.2. The van der Waals surface area contributed by atoms with E-state index in [4.69, 9.17) is 31.3 Å². The number of amides is 2. The number of benzene rings is 1. The van der Waals surface area contributed by atoms with Crippen LogP contribution >= 0.6 is 11.3 Å². The van der Waals surface area contributed by atoms with E-state index in [2.05, 4.69) is 35.8 Å². The highest BCUT2D eigenvalue weighted by Gasteiger charge is 2.58. The van der Waals surface area contributed by atoms with Gasteiger partial charge >= 0.3 is 16.4 Å². The van der Waals surface area contributed by atoms with E-state index in [-0.39, 0.29) is 17.2 Å². The number of aryl methyl sites for hydroxylation is 2. The minimum atomic E-state index is -5.03. The first-order valence-electron chi connectivity index (χ1n) is 17.0. The number of aromatic nitrogens is 2. The number of aliphatic carboxylic acids is 1. The van der Waals surface area contributed by atoms with Gasteiger partial charge in [0.2, 0.25) is 0 Å². The van der Waals surface area contributed by atoms with Crippen molar-refractivity contribution < 1.29 is 50.9 Å². The number of thiazole rings is 1. The summed E-state index contributed by atoms with van der Waals surface area (Å²) in [6.45, 7) is 6.61. The molecule has 0 spiro atoms. The predicted molar refractivity (Wildman–Crippen MR) is 196 cm³/mol. The van der Waals surface area contributed by atoms with Crippen molar-refractivity contribution in [2.75, 3.05) is 30.7 Å². The molecule has 2 unspecified atom stereocenters. The number of anilines is 2. The molecule has 3 atom stereocenters. The lowest BCUT2D eigenvalue weighted by molar-refractivity contribution is -0.682. The molecule has 19 nitrogen and oxygen atoms in total. The molecule has 54 heavy (non-hydrogen) atoms. The monoisotopic (exact) mass is 790 g/mol. The van der Waals surface area contributed by atoms with Crippen molar-refractivity contribution in [3.05, 3.63) is 53.2 Å². The molecule has 0 saturated carbocycles. The Morgan fingerprint density at radius 3 is 2.56 bits per heavy atom. The summed E-state index contributed by atoms with van der Waals surface area (Å²) in [5.74, 6) is -2.02. The number of carboxylic acids is 1. The van der Waals surface area contributed by atoms with Gasteiger partial charge in [-0.25, -0.2) is 14.3 Å². The zero-order valence-corrected chi connectivity index (χ0v) is 31.5. The molecule has 1 saturated heterocycles. The Labute approximate surface area is 315 Å². The second-order valence-electron chi connectivity index (χ2n) is 13.4. The maximum atomic E-state index is 13.5. The fourth-order valence-corrected chi connectivity index (χ4v) is 7.00. The molecule has 0 radical (unpaired) electrons. The second-order valence-corrected chi connectivity index (χ2v) is 15.3. The number of carbonyl (C=O) groups excluding carboxylic acids is 2. The number of oxime groups is 1. The van der Waals surface area contributed by atoms with Crippen LogP contribution in [0.25, 0.3) is 11.1 Å². The summed E-state index contributed by atoms with van der Waals surface area (Å²) >= 11 is 0.970. The van der Waals surface area contributed by atoms with Crippen LogP contribution in [0.15, 0.2) is 47.1 Å². The van der Waals surface area contributed by atoms with Gasteiger partial charge in [0, 0.05) is 17.0 Å². The van der Waals surface area contributed by atoms with Crippen LogP contribution in [0.3, 0.4) is 0 Å². The van der Waals surface area contributed by atoms with Crippen molar-refractivity contribution in [2.24, 2.45) is 16.6 Å². The van der Waals surface area contributed by atoms with Crippen LogP contribution in [0, 0.1) is 0 Å². The molecule has 1 fully saturated rings. The SMILES string of the molecule is CC(O/N=C(\C(=O)NC1C(=O)N(OS(=O)(=O)O)C1(C)C)c1csc(N)n1)(C(=O)O)[C@H]1CCc2cc(-c3ccc(NCCCN)[n+](CCCN)c3)ccc2O1. The van der Waals surface area contributed by atoms with E-state index in [1.807, 2.05) is 24.3 Å². The van der Waals surface area contributed by atoms with Gasteiger partial charge in [-0.15, -0.1) is 15.6 Å². The van der Waals surface area contributed by atoms with Gasteiger partial charge in [0.05, 0.1) is 24.8 Å². The van der Waals surface area contributed by atoms with E-state index in [0.717, 1.165) is 59.8 Å². The van der Waals surface area contributed by atoms with Crippen LogP contribution in [0.2, 0.25) is 0 Å². The Morgan fingerprint density at radius 1 is 1.20 bits per heavy atom. The lowest BCUT2D eigenvalue weighted by atomic mass is 9.84. The van der Waals surface area contributed by atoms with Crippen LogP contribution in [-0.4, -0.2) is 94.5 Å². The third kappa shape index (κ3) is 8.71. The number of ether oxygens (including phenoxy) is 1. The van der Waals surface area contributed by atoms with Crippen molar-refractivity contribution in [3.8, 4) is 16.9 Å². The highest BCUT2D eigenvalue weighted by molar-refractivity contribution is 7.80. The summed E-state index contributed by atoms with van der Waals surface area (Å²) in [6, 6.07) is 8.32. The van der Waals surface area contributed by atoms with Gasteiger partial charge in [0.15, 0.2) is 16.9 Å². The highest BCUT2D eigenvalue weighted by atomic mass is 32.3. The molecule has 21 heteroatoms. The molecule has 5 rings (SSSR count). The van der Waals surface area contributed by atoms with Crippen LogP contribution in [0.4, 0.5) is 10.9 Å². The molecule has 3 aromatic rings. The van der Waals surface area contributed by atoms with Crippen molar-refractivity contribution in [1.82, 2.24) is 15.4 Å². The van der Waals surface area contributed by atoms with Crippen molar-refractivity contribution >= 4 is 56.2 Å². The Kier molecular flexibility index (Phi) is 12.1. The number of hydrogen-bond acceptors (Lipinski definition) is 15. The number of fused-ring (bicyclic) bond motifs is 1. The van der Waals surface area contributed by atoms with Gasteiger partial charge in [0.1, 0.15) is 17.5 Å².